The SMILES string of the molecule is CN1CCc2nc3sc4c(=O)[nH]cnc4c3c(-c3ccccc3)c2C1. The van der Waals surface area contributed by atoms with Crippen molar-refractivity contribution in [2.45, 2.75) is 13.0 Å². The van der Waals surface area contributed by atoms with E-state index in [4.69, 9.17) is 4.98 Å². The number of hydrogen-bond acceptors (Lipinski definition) is 5. The molecule has 0 atom stereocenters. The third-order valence-electron chi connectivity index (χ3n) is 4.82. The van der Waals surface area contributed by atoms with E-state index in [2.05, 4.69) is 46.2 Å². The lowest BCUT2D eigenvalue weighted by Gasteiger charge is -2.27. The van der Waals surface area contributed by atoms with Gasteiger partial charge in [0.05, 0.1) is 11.8 Å². The molecule has 0 fully saturated rings. The van der Waals surface area contributed by atoms with Crippen LogP contribution in [0.2, 0.25) is 0 Å². The summed E-state index contributed by atoms with van der Waals surface area (Å²) >= 11 is 1.44. The van der Waals surface area contributed by atoms with Gasteiger partial charge in [0.1, 0.15) is 9.53 Å². The van der Waals surface area contributed by atoms with Crippen molar-refractivity contribution in [1.82, 2.24) is 19.9 Å². The van der Waals surface area contributed by atoms with Crippen LogP contribution >= 0.6 is 11.3 Å². The van der Waals surface area contributed by atoms with Gasteiger partial charge in [0.2, 0.25) is 0 Å². The quantitative estimate of drug-likeness (QED) is 0.574. The van der Waals surface area contributed by atoms with Gasteiger partial charge in [-0.05, 0) is 18.2 Å². The summed E-state index contributed by atoms with van der Waals surface area (Å²) in [6, 6.07) is 10.4. The average molecular weight is 348 g/mol. The van der Waals surface area contributed by atoms with Gasteiger partial charge in [-0.3, -0.25) is 4.79 Å². The van der Waals surface area contributed by atoms with E-state index in [1.54, 1.807) is 0 Å². The largest absolute Gasteiger partial charge is 0.312 e. The van der Waals surface area contributed by atoms with Gasteiger partial charge in [-0.25, -0.2) is 9.97 Å². The number of thiophene rings is 1. The summed E-state index contributed by atoms with van der Waals surface area (Å²) in [5.41, 5.74) is 5.40. The van der Waals surface area contributed by atoms with E-state index in [1.165, 1.54) is 28.8 Å². The monoisotopic (exact) mass is 348 g/mol. The maximum Gasteiger partial charge on any atom is 0.268 e. The summed E-state index contributed by atoms with van der Waals surface area (Å²) in [5.74, 6) is 0. The fraction of sp³-hybridized carbons (Fsp3) is 0.211. The Balaban J connectivity index is 1.99. The smallest absolute Gasteiger partial charge is 0.268 e. The number of hydrogen-bond donors (Lipinski definition) is 1. The zero-order valence-electron chi connectivity index (χ0n) is 13.7. The first kappa shape index (κ1) is 14.7. The predicted molar refractivity (Wildman–Crippen MR) is 101 cm³/mol. The van der Waals surface area contributed by atoms with Crippen LogP contribution in [0.4, 0.5) is 0 Å². The molecule has 0 unspecified atom stereocenters. The lowest BCUT2D eigenvalue weighted by Crippen LogP contribution is -2.27. The van der Waals surface area contributed by atoms with Gasteiger partial charge in [0.25, 0.3) is 5.56 Å². The molecule has 0 bridgehead atoms. The minimum Gasteiger partial charge on any atom is -0.312 e. The molecule has 25 heavy (non-hydrogen) atoms. The molecule has 0 radical (unpaired) electrons. The number of aromatic nitrogens is 3. The Morgan fingerprint density at radius 2 is 2.08 bits per heavy atom. The van der Waals surface area contributed by atoms with Gasteiger partial charge >= 0.3 is 0 Å². The Hall–Kier alpha value is -2.57. The van der Waals surface area contributed by atoms with Gasteiger partial charge in [-0.1, -0.05) is 30.3 Å². The molecule has 124 valence electrons. The fourth-order valence-corrected chi connectivity index (χ4v) is 4.70. The van der Waals surface area contributed by atoms with Crippen LogP contribution in [0.15, 0.2) is 41.5 Å². The molecule has 3 aromatic heterocycles. The van der Waals surface area contributed by atoms with Crippen molar-refractivity contribution in [3.8, 4) is 11.1 Å². The Morgan fingerprint density at radius 3 is 2.92 bits per heavy atom. The molecule has 0 saturated heterocycles. The van der Waals surface area contributed by atoms with Crippen LogP contribution in [0, 0.1) is 0 Å². The minimum atomic E-state index is -0.0953. The molecule has 4 aromatic rings. The molecule has 0 saturated carbocycles. The molecule has 4 heterocycles. The molecule has 0 spiro atoms. The molecular weight excluding hydrogens is 332 g/mol. The second kappa shape index (κ2) is 5.47. The summed E-state index contributed by atoms with van der Waals surface area (Å²) in [5, 5.41) is 1.01. The highest BCUT2D eigenvalue weighted by atomic mass is 32.1. The number of nitrogens with one attached hydrogen (secondary N) is 1. The standard InChI is InChI=1S/C19H16N4OS/c1-23-8-7-13-12(9-23)14(11-5-3-2-4-6-11)15-16-17(25-19(15)22-13)18(24)21-10-20-16/h2-6,10H,7-9H2,1H3,(H,20,21,24). The predicted octanol–water partition coefficient (Wildman–Crippen LogP) is 3.19. The van der Waals surface area contributed by atoms with E-state index in [1.807, 2.05) is 6.07 Å². The van der Waals surface area contributed by atoms with Crippen molar-refractivity contribution in [3.63, 3.8) is 0 Å². The molecule has 5 rings (SSSR count). The van der Waals surface area contributed by atoms with E-state index in [0.717, 1.165) is 46.5 Å². The van der Waals surface area contributed by atoms with Gasteiger partial charge in [-0.2, -0.15) is 0 Å². The third kappa shape index (κ3) is 2.22. The Kier molecular flexibility index (Phi) is 3.23. The summed E-state index contributed by atoms with van der Waals surface area (Å²) < 4.78 is 0.651. The number of nitrogens with zero attached hydrogens (tertiary/aromatic N) is 3. The number of fused-ring (bicyclic) bond motifs is 4. The average Bonchev–Trinajstić information content (AvgIpc) is 3.00. The van der Waals surface area contributed by atoms with Gasteiger partial charge in [0, 0.05) is 36.2 Å². The molecule has 6 heteroatoms. The second-order valence-corrected chi connectivity index (χ2v) is 7.46. The fourth-order valence-electron chi connectivity index (χ4n) is 3.64. The first-order valence-corrected chi connectivity index (χ1v) is 9.09. The van der Waals surface area contributed by atoms with E-state index in [9.17, 15) is 4.79 Å². The van der Waals surface area contributed by atoms with Crippen LogP contribution in [0.1, 0.15) is 11.3 Å². The van der Waals surface area contributed by atoms with E-state index < -0.39 is 0 Å². The van der Waals surface area contributed by atoms with E-state index in [0.29, 0.717) is 4.70 Å². The summed E-state index contributed by atoms with van der Waals surface area (Å²) in [7, 11) is 2.14. The first-order valence-electron chi connectivity index (χ1n) is 8.28. The highest BCUT2D eigenvalue weighted by Gasteiger charge is 2.24. The number of likely N-dealkylation sites (N-methyl/N-ethyl adjacent to an activating group) is 1. The van der Waals surface area contributed by atoms with Gasteiger partial charge < -0.3 is 9.88 Å². The molecular formula is C19H16N4OS. The van der Waals surface area contributed by atoms with Crippen LogP contribution in [0.3, 0.4) is 0 Å². The number of pyridine rings is 1. The van der Waals surface area contributed by atoms with E-state index in [-0.39, 0.29) is 5.56 Å². The number of rotatable bonds is 1. The zero-order valence-corrected chi connectivity index (χ0v) is 14.6. The zero-order chi connectivity index (χ0) is 17.0. The van der Waals surface area contributed by atoms with Crippen LogP contribution in [-0.4, -0.2) is 33.4 Å². The molecule has 0 amide bonds. The van der Waals surface area contributed by atoms with Crippen LogP contribution in [-0.2, 0) is 13.0 Å². The first-order chi connectivity index (χ1) is 12.2. The maximum absolute atomic E-state index is 12.2. The highest BCUT2D eigenvalue weighted by Crippen LogP contribution is 2.41. The Labute approximate surface area is 148 Å². The minimum absolute atomic E-state index is 0.0953. The van der Waals surface area contributed by atoms with Crippen molar-refractivity contribution >= 4 is 31.8 Å². The summed E-state index contributed by atoms with van der Waals surface area (Å²) in [4.78, 5) is 27.5. The van der Waals surface area contributed by atoms with Crippen molar-refractivity contribution in [1.29, 1.82) is 0 Å². The Morgan fingerprint density at radius 1 is 1.24 bits per heavy atom. The molecule has 0 aliphatic carbocycles. The van der Waals surface area contributed by atoms with Crippen molar-refractivity contribution in [2.75, 3.05) is 13.6 Å². The number of benzene rings is 1. The lowest BCUT2D eigenvalue weighted by atomic mass is 9.92. The topological polar surface area (TPSA) is 61.9 Å². The molecule has 1 aliphatic heterocycles. The van der Waals surface area contributed by atoms with E-state index >= 15 is 0 Å². The lowest BCUT2D eigenvalue weighted by molar-refractivity contribution is 0.311. The molecule has 1 N–H and O–H groups in total. The normalized spacial score (nSPS) is 14.9. The van der Waals surface area contributed by atoms with Crippen LogP contribution in [0.5, 0.6) is 0 Å². The van der Waals surface area contributed by atoms with Crippen molar-refractivity contribution in [2.24, 2.45) is 0 Å². The van der Waals surface area contributed by atoms with Crippen LogP contribution in [0.25, 0.3) is 31.6 Å². The molecule has 1 aliphatic rings. The number of H-pyrrole nitrogens is 1. The van der Waals surface area contributed by atoms with Gasteiger partial charge in [-0.15, -0.1) is 11.3 Å². The second-order valence-electron chi connectivity index (χ2n) is 6.46. The molecule has 5 nitrogen and oxygen atoms in total. The highest BCUT2D eigenvalue weighted by molar-refractivity contribution is 7.25. The van der Waals surface area contributed by atoms with Crippen molar-refractivity contribution < 1.29 is 0 Å². The van der Waals surface area contributed by atoms with Crippen molar-refractivity contribution in [3.05, 3.63) is 58.3 Å². The summed E-state index contributed by atoms with van der Waals surface area (Å²) in [6.07, 6.45) is 2.41. The number of aromatic amines is 1. The van der Waals surface area contributed by atoms with Crippen LogP contribution < -0.4 is 5.56 Å². The summed E-state index contributed by atoms with van der Waals surface area (Å²) in [6.45, 7) is 1.87. The maximum atomic E-state index is 12.2. The molecule has 1 aromatic carbocycles. The van der Waals surface area contributed by atoms with Gasteiger partial charge in [0.15, 0.2) is 0 Å². The Bertz CT molecular complexity index is 1160. The third-order valence-corrected chi connectivity index (χ3v) is 5.89.